The third-order valence-electron chi connectivity index (χ3n) is 8.23. The van der Waals surface area contributed by atoms with E-state index in [4.69, 9.17) is 0 Å². The van der Waals surface area contributed by atoms with Crippen LogP contribution in [0.4, 0.5) is 15.3 Å². The average Bonchev–Trinajstić information content (AvgIpc) is 2.97. The van der Waals surface area contributed by atoms with Crippen molar-refractivity contribution in [3.63, 3.8) is 0 Å². The van der Waals surface area contributed by atoms with Gasteiger partial charge < -0.3 is 15.5 Å². The predicted octanol–water partition coefficient (Wildman–Crippen LogP) is 7.42. The van der Waals surface area contributed by atoms with Crippen LogP contribution < -0.4 is 10.6 Å². The molecule has 212 valence electrons. The molecule has 1 saturated heterocycles. The number of carbonyl (C=O) groups is 2. The fraction of sp³-hybridized carbons (Fsp3) is 0.412. The fourth-order valence-electron chi connectivity index (χ4n) is 6.07. The molecule has 3 aromatic carbocycles. The average molecular weight is 541 g/mol. The van der Waals surface area contributed by atoms with Gasteiger partial charge >= 0.3 is 12.1 Å². The Balaban J connectivity index is 0.00000181. The fourth-order valence-corrected chi connectivity index (χ4v) is 6.07. The van der Waals surface area contributed by atoms with Crippen LogP contribution in [0.2, 0.25) is 0 Å². The van der Waals surface area contributed by atoms with Crippen LogP contribution in [0.5, 0.6) is 0 Å². The first-order valence-corrected chi connectivity index (χ1v) is 14.7. The van der Waals surface area contributed by atoms with Crippen LogP contribution >= 0.6 is 0 Å². The van der Waals surface area contributed by atoms with Crippen molar-refractivity contribution in [1.82, 2.24) is 15.1 Å². The van der Waals surface area contributed by atoms with Gasteiger partial charge in [0.25, 0.3) is 0 Å². The Morgan fingerprint density at radius 1 is 0.975 bits per heavy atom. The Kier molecular flexibility index (Phi) is 9.64. The summed E-state index contributed by atoms with van der Waals surface area (Å²) in [5, 5.41) is 5.89. The number of amides is 4. The van der Waals surface area contributed by atoms with Crippen molar-refractivity contribution in [3.05, 3.63) is 101 Å². The summed E-state index contributed by atoms with van der Waals surface area (Å²) in [7, 11) is 0. The van der Waals surface area contributed by atoms with Gasteiger partial charge in [-0.25, -0.2) is 14.5 Å². The molecule has 6 heteroatoms. The minimum atomic E-state index is -0.467. The van der Waals surface area contributed by atoms with E-state index in [0.29, 0.717) is 6.54 Å². The zero-order chi connectivity index (χ0) is 28.7. The molecule has 4 amide bonds. The number of hydrogen-bond acceptors (Lipinski definition) is 3. The maximum Gasteiger partial charge on any atom is 0.330 e. The summed E-state index contributed by atoms with van der Waals surface area (Å²) < 4.78 is 0. The first-order valence-electron chi connectivity index (χ1n) is 14.7. The van der Waals surface area contributed by atoms with E-state index < -0.39 is 12.1 Å². The van der Waals surface area contributed by atoms with Gasteiger partial charge in [0.05, 0.1) is 6.04 Å². The second-order valence-electron chi connectivity index (χ2n) is 11.0. The van der Waals surface area contributed by atoms with E-state index in [2.05, 4.69) is 54.5 Å². The van der Waals surface area contributed by atoms with Crippen molar-refractivity contribution in [2.75, 3.05) is 31.5 Å². The maximum atomic E-state index is 13.3. The molecule has 2 aliphatic heterocycles. The van der Waals surface area contributed by atoms with Crippen LogP contribution in [0.1, 0.15) is 73.9 Å². The van der Waals surface area contributed by atoms with Crippen LogP contribution in [-0.4, -0.2) is 48.0 Å². The number of anilines is 1. The summed E-state index contributed by atoms with van der Waals surface area (Å²) in [4.78, 5) is 30.1. The molecule has 0 radical (unpaired) electrons. The molecule has 0 spiro atoms. The molecule has 1 atom stereocenters. The second kappa shape index (κ2) is 13.1. The molecule has 2 aliphatic rings. The van der Waals surface area contributed by atoms with Gasteiger partial charge in [0.15, 0.2) is 0 Å². The first-order chi connectivity index (χ1) is 19.4. The molecule has 0 saturated carbocycles. The van der Waals surface area contributed by atoms with Crippen LogP contribution in [0.25, 0.3) is 0 Å². The summed E-state index contributed by atoms with van der Waals surface area (Å²) in [6.45, 7) is 14.3. The normalized spacial score (nSPS) is 18.2. The Bertz CT molecular complexity index is 1300. The summed E-state index contributed by atoms with van der Waals surface area (Å²) in [6, 6.07) is 23.0. The maximum absolute atomic E-state index is 13.3. The summed E-state index contributed by atoms with van der Waals surface area (Å²) >= 11 is 0. The van der Waals surface area contributed by atoms with Crippen molar-refractivity contribution in [2.24, 2.45) is 0 Å². The molecule has 2 heterocycles. The highest BCUT2D eigenvalue weighted by Gasteiger charge is 2.38. The largest absolute Gasteiger partial charge is 0.337 e. The lowest BCUT2D eigenvalue weighted by Gasteiger charge is -2.40. The molecule has 3 aromatic rings. The summed E-state index contributed by atoms with van der Waals surface area (Å²) in [5.74, 6) is 0. The SMILES string of the molecule is CC.Cc1ccc(C2(C)CCN(CCCNC(=O)N3C(=O)Nc4ccccc4C3c3ccccc3)CC2)c(C)c1. The standard InChI is InChI=1S/C32H38N4O2.C2H6/c1-23-14-15-27(24(2)22-23)32(3)16-20-35(21-17-32)19-9-18-33-30(37)36-29(25-10-5-4-6-11-25)26-12-7-8-13-28(26)34-31(36)38;1-2/h4-8,10-15,22,29H,9,16-21H2,1-3H3,(H,33,37)(H,34,38);1-2H3. The highest BCUT2D eigenvalue weighted by molar-refractivity contribution is 6.04. The van der Waals surface area contributed by atoms with Crippen molar-refractivity contribution < 1.29 is 9.59 Å². The Hall–Kier alpha value is -3.64. The van der Waals surface area contributed by atoms with E-state index >= 15 is 0 Å². The number of nitrogens with one attached hydrogen (secondary N) is 2. The van der Waals surface area contributed by atoms with Gasteiger partial charge in [-0.3, -0.25) is 0 Å². The molecule has 2 N–H and O–H groups in total. The molecule has 1 unspecified atom stereocenters. The molecule has 0 aromatic heterocycles. The van der Waals surface area contributed by atoms with Crippen molar-refractivity contribution in [3.8, 4) is 0 Å². The van der Waals surface area contributed by atoms with Crippen LogP contribution in [0, 0.1) is 13.8 Å². The van der Waals surface area contributed by atoms with E-state index in [9.17, 15) is 9.59 Å². The molecular weight excluding hydrogens is 496 g/mol. The second-order valence-corrected chi connectivity index (χ2v) is 11.0. The number of rotatable bonds is 6. The minimum absolute atomic E-state index is 0.215. The van der Waals surface area contributed by atoms with Gasteiger partial charge in [0.2, 0.25) is 0 Å². The number of nitrogens with zero attached hydrogens (tertiary/aromatic N) is 2. The molecule has 0 bridgehead atoms. The number of para-hydroxylation sites is 1. The Labute approximate surface area is 239 Å². The van der Waals surface area contributed by atoms with Gasteiger partial charge in [0.1, 0.15) is 0 Å². The number of likely N-dealkylation sites (tertiary alicyclic amines) is 1. The number of aryl methyl sites for hydroxylation is 2. The molecule has 5 rings (SSSR count). The molecule has 40 heavy (non-hydrogen) atoms. The predicted molar refractivity (Wildman–Crippen MR) is 164 cm³/mol. The van der Waals surface area contributed by atoms with Gasteiger partial charge in [-0.15, -0.1) is 0 Å². The third-order valence-corrected chi connectivity index (χ3v) is 8.23. The van der Waals surface area contributed by atoms with Gasteiger partial charge in [0, 0.05) is 17.8 Å². The Morgan fingerprint density at radius 2 is 1.65 bits per heavy atom. The van der Waals surface area contributed by atoms with Gasteiger partial charge in [-0.1, -0.05) is 93.1 Å². The lowest BCUT2D eigenvalue weighted by Crippen LogP contribution is -2.51. The van der Waals surface area contributed by atoms with Gasteiger partial charge in [-0.2, -0.15) is 0 Å². The molecular formula is C34H44N4O2. The van der Waals surface area contributed by atoms with Gasteiger partial charge in [-0.05, 0) is 80.9 Å². The highest BCUT2D eigenvalue weighted by Crippen LogP contribution is 2.38. The smallest absolute Gasteiger partial charge is 0.330 e. The highest BCUT2D eigenvalue weighted by atomic mass is 16.2. The van der Waals surface area contributed by atoms with Crippen molar-refractivity contribution in [1.29, 1.82) is 0 Å². The number of carbonyl (C=O) groups excluding carboxylic acids is 2. The number of hydrogen-bond donors (Lipinski definition) is 2. The number of benzene rings is 3. The quantitative estimate of drug-likeness (QED) is 0.320. The summed E-state index contributed by atoms with van der Waals surface area (Å²) in [6.07, 6.45) is 3.11. The number of imide groups is 1. The molecule has 6 nitrogen and oxygen atoms in total. The Morgan fingerprint density at radius 3 is 2.35 bits per heavy atom. The van der Waals surface area contributed by atoms with E-state index in [1.807, 2.05) is 68.4 Å². The number of fused-ring (bicyclic) bond motifs is 1. The third kappa shape index (κ3) is 6.39. The topological polar surface area (TPSA) is 64.7 Å². The lowest BCUT2D eigenvalue weighted by atomic mass is 9.73. The van der Waals surface area contributed by atoms with E-state index in [0.717, 1.165) is 55.7 Å². The van der Waals surface area contributed by atoms with Crippen molar-refractivity contribution >= 4 is 17.7 Å². The minimum Gasteiger partial charge on any atom is -0.337 e. The van der Waals surface area contributed by atoms with E-state index in [1.54, 1.807) is 0 Å². The zero-order valence-electron chi connectivity index (χ0n) is 24.7. The molecule has 0 aliphatic carbocycles. The number of piperidine rings is 1. The zero-order valence-corrected chi connectivity index (χ0v) is 24.7. The molecule has 1 fully saturated rings. The van der Waals surface area contributed by atoms with Crippen LogP contribution in [-0.2, 0) is 5.41 Å². The van der Waals surface area contributed by atoms with E-state index in [-0.39, 0.29) is 11.4 Å². The lowest BCUT2D eigenvalue weighted by molar-refractivity contribution is 0.164. The van der Waals surface area contributed by atoms with Crippen LogP contribution in [0.15, 0.2) is 72.8 Å². The van der Waals surface area contributed by atoms with Crippen LogP contribution in [0.3, 0.4) is 0 Å². The summed E-state index contributed by atoms with van der Waals surface area (Å²) in [5.41, 5.74) is 6.96. The van der Waals surface area contributed by atoms with Crippen molar-refractivity contribution in [2.45, 2.75) is 65.3 Å². The number of urea groups is 2. The first kappa shape index (κ1) is 29.3. The monoisotopic (exact) mass is 540 g/mol. The van der Waals surface area contributed by atoms with E-state index in [1.165, 1.54) is 21.6 Å².